The summed E-state index contributed by atoms with van der Waals surface area (Å²) in [4.78, 5) is 25.4. The topological polar surface area (TPSA) is 72.8 Å². The summed E-state index contributed by atoms with van der Waals surface area (Å²) in [7, 11) is 2.91. The van der Waals surface area contributed by atoms with Gasteiger partial charge in [-0.1, -0.05) is 0 Å². The zero-order valence-corrected chi connectivity index (χ0v) is 12.4. The van der Waals surface area contributed by atoms with E-state index in [1.54, 1.807) is 13.0 Å². The first-order valence-corrected chi connectivity index (χ1v) is 6.67. The van der Waals surface area contributed by atoms with Crippen LogP contribution in [0.3, 0.4) is 0 Å². The Labute approximate surface area is 127 Å². The molecule has 1 aliphatic rings. The first-order chi connectivity index (χ1) is 10.5. The van der Waals surface area contributed by atoms with Crippen LogP contribution in [-0.4, -0.2) is 30.9 Å². The van der Waals surface area contributed by atoms with Gasteiger partial charge in [0.05, 0.1) is 19.8 Å². The number of ketones is 2. The zero-order chi connectivity index (χ0) is 16.0. The molecule has 5 nitrogen and oxygen atoms in total. The summed E-state index contributed by atoms with van der Waals surface area (Å²) >= 11 is 0. The maximum atomic E-state index is 12.7. The summed E-state index contributed by atoms with van der Waals surface area (Å²) in [5, 5.41) is 9.82. The van der Waals surface area contributed by atoms with Crippen LogP contribution >= 0.6 is 0 Å². The quantitative estimate of drug-likeness (QED) is 0.787. The molecular formula is C17H14O5. The Kier molecular flexibility index (Phi) is 3.13. The van der Waals surface area contributed by atoms with Crippen LogP contribution in [0.25, 0.3) is 0 Å². The summed E-state index contributed by atoms with van der Waals surface area (Å²) in [6.07, 6.45) is 0. The van der Waals surface area contributed by atoms with Crippen LogP contribution in [0, 0.1) is 6.92 Å². The first kappa shape index (κ1) is 14.1. The summed E-state index contributed by atoms with van der Waals surface area (Å²) in [5.41, 5.74) is 1.45. The number of hydrogen-bond acceptors (Lipinski definition) is 5. The maximum absolute atomic E-state index is 12.7. The van der Waals surface area contributed by atoms with E-state index in [1.807, 2.05) is 0 Å². The number of benzene rings is 2. The van der Waals surface area contributed by atoms with E-state index >= 15 is 0 Å². The molecule has 0 saturated carbocycles. The fraction of sp³-hybridized carbons (Fsp3) is 0.176. The van der Waals surface area contributed by atoms with Gasteiger partial charge in [-0.2, -0.15) is 0 Å². The predicted molar refractivity (Wildman–Crippen MR) is 79.3 cm³/mol. The summed E-state index contributed by atoms with van der Waals surface area (Å²) < 4.78 is 10.4. The molecule has 0 spiro atoms. The summed E-state index contributed by atoms with van der Waals surface area (Å²) in [6, 6.07) is 5.94. The van der Waals surface area contributed by atoms with Crippen molar-refractivity contribution in [2.75, 3.05) is 14.2 Å². The highest BCUT2D eigenvalue weighted by Crippen LogP contribution is 2.38. The minimum absolute atomic E-state index is 0.0155. The third-order valence-corrected chi connectivity index (χ3v) is 3.83. The first-order valence-electron chi connectivity index (χ1n) is 6.67. The van der Waals surface area contributed by atoms with Crippen LogP contribution in [0.1, 0.15) is 37.4 Å². The number of aryl methyl sites for hydroxylation is 1. The molecule has 112 valence electrons. The Morgan fingerprint density at radius 3 is 2.18 bits per heavy atom. The Balaban J connectivity index is 2.33. The number of phenols is 1. The van der Waals surface area contributed by atoms with Crippen molar-refractivity contribution in [1.82, 2.24) is 0 Å². The van der Waals surface area contributed by atoms with E-state index in [9.17, 15) is 14.7 Å². The second-order valence-corrected chi connectivity index (χ2v) is 5.09. The van der Waals surface area contributed by atoms with Gasteiger partial charge in [0.2, 0.25) is 0 Å². The molecule has 0 unspecified atom stereocenters. The van der Waals surface area contributed by atoms with Crippen molar-refractivity contribution in [2.24, 2.45) is 0 Å². The molecule has 5 heteroatoms. The molecule has 2 aromatic rings. The Bertz CT molecular complexity index is 820. The predicted octanol–water partition coefficient (Wildman–Crippen LogP) is 2.49. The molecule has 0 atom stereocenters. The monoisotopic (exact) mass is 298 g/mol. The minimum atomic E-state index is -0.336. The van der Waals surface area contributed by atoms with Crippen LogP contribution in [-0.2, 0) is 0 Å². The molecule has 0 bridgehead atoms. The van der Waals surface area contributed by atoms with Gasteiger partial charge >= 0.3 is 0 Å². The van der Waals surface area contributed by atoms with Gasteiger partial charge < -0.3 is 14.6 Å². The summed E-state index contributed by atoms with van der Waals surface area (Å²) in [6.45, 7) is 1.67. The Hall–Kier alpha value is -2.82. The fourth-order valence-electron chi connectivity index (χ4n) is 2.63. The fourth-order valence-corrected chi connectivity index (χ4v) is 2.63. The van der Waals surface area contributed by atoms with E-state index in [-0.39, 0.29) is 39.6 Å². The lowest BCUT2D eigenvalue weighted by molar-refractivity contribution is 0.0976. The third-order valence-electron chi connectivity index (χ3n) is 3.83. The van der Waals surface area contributed by atoms with Gasteiger partial charge in [0.15, 0.2) is 11.6 Å². The highest BCUT2D eigenvalue weighted by Gasteiger charge is 2.33. The van der Waals surface area contributed by atoms with Gasteiger partial charge in [0.1, 0.15) is 17.2 Å². The average molecular weight is 298 g/mol. The maximum Gasteiger partial charge on any atom is 0.198 e. The number of methoxy groups -OCH3 is 2. The van der Waals surface area contributed by atoms with Gasteiger partial charge in [-0.15, -0.1) is 0 Å². The highest BCUT2D eigenvalue weighted by molar-refractivity contribution is 6.29. The van der Waals surface area contributed by atoms with Gasteiger partial charge in [-0.25, -0.2) is 0 Å². The van der Waals surface area contributed by atoms with Crippen molar-refractivity contribution >= 4 is 11.6 Å². The number of carbonyl (C=O) groups excluding carboxylic acids is 2. The number of aromatic hydroxyl groups is 1. The Morgan fingerprint density at radius 1 is 0.864 bits per heavy atom. The van der Waals surface area contributed by atoms with Crippen molar-refractivity contribution in [3.8, 4) is 17.2 Å². The van der Waals surface area contributed by atoms with Crippen LogP contribution < -0.4 is 9.47 Å². The van der Waals surface area contributed by atoms with Crippen LogP contribution in [0.5, 0.6) is 17.2 Å². The summed E-state index contributed by atoms with van der Waals surface area (Å²) in [5.74, 6) is 0.0723. The van der Waals surface area contributed by atoms with Gasteiger partial charge in [-0.05, 0) is 30.7 Å². The lowest BCUT2D eigenvalue weighted by atomic mass is 9.82. The van der Waals surface area contributed by atoms with Crippen molar-refractivity contribution in [3.63, 3.8) is 0 Å². The third kappa shape index (κ3) is 1.86. The molecule has 3 rings (SSSR count). The number of carbonyl (C=O) groups is 2. The number of ether oxygens (including phenoxy) is 2. The second kappa shape index (κ2) is 4.87. The van der Waals surface area contributed by atoms with Crippen molar-refractivity contribution in [3.05, 3.63) is 52.1 Å². The van der Waals surface area contributed by atoms with Crippen molar-refractivity contribution in [1.29, 1.82) is 0 Å². The molecule has 0 heterocycles. The number of fused-ring (bicyclic) bond motifs is 2. The molecule has 1 aliphatic carbocycles. The van der Waals surface area contributed by atoms with Crippen molar-refractivity contribution < 1.29 is 24.2 Å². The van der Waals surface area contributed by atoms with E-state index in [0.29, 0.717) is 17.1 Å². The number of phenolic OH excluding ortho intramolecular Hbond substituents is 1. The minimum Gasteiger partial charge on any atom is -0.508 e. The molecule has 0 radical (unpaired) electrons. The van der Waals surface area contributed by atoms with Crippen LogP contribution in [0.2, 0.25) is 0 Å². The van der Waals surface area contributed by atoms with Crippen LogP contribution in [0.4, 0.5) is 0 Å². The van der Waals surface area contributed by atoms with E-state index in [2.05, 4.69) is 0 Å². The lowest BCUT2D eigenvalue weighted by Gasteiger charge is -2.21. The molecule has 0 amide bonds. The van der Waals surface area contributed by atoms with Gasteiger partial charge in [0, 0.05) is 22.8 Å². The second-order valence-electron chi connectivity index (χ2n) is 5.09. The van der Waals surface area contributed by atoms with E-state index in [1.165, 1.54) is 32.4 Å². The molecule has 2 aromatic carbocycles. The molecule has 0 fully saturated rings. The largest absolute Gasteiger partial charge is 0.508 e. The molecule has 0 saturated heterocycles. The van der Waals surface area contributed by atoms with Gasteiger partial charge in [0.25, 0.3) is 0 Å². The average Bonchev–Trinajstić information content (AvgIpc) is 2.53. The normalized spacial score (nSPS) is 12.7. The molecule has 22 heavy (non-hydrogen) atoms. The van der Waals surface area contributed by atoms with Crippen LogP contribution in [0.15, 0.2) is 24.3 Å². The number of hydrogen-bond donors (Lipinski definition) is 1. The highest BCUT2D eigenvalue weighted by atomic mass is 16.5. The zero-order valence-electron chi connectivity index (χ0n) is 12.4. The van der Waals surface area contributed by atoms with Crippen molar-refractivity contribution in [2.45, 2.75) is 6.92 Å². The molecule has 1 N–H and O–H groups in total. The van der Waals surface area contributed by atoms with E-state index in [4.69, 9.17) is 9.47 Å². The molecular weight excluding hydrogens is 284 g/mol. The molecule has 0 aromatic heterocycles. The number of rotatable bonds is 2. The standard InChI is InChI=1S/C17H14O5/c1-8-4-10-11(7-13(8)18)16(19)12-5-9(21-2)6-14(22-3)15(12)17(10)20/h4-7,18H,1-3H3. The lowest BCUT2D eigenvalue weighted by Crippen LogP contribution is -2.22. The van der Waals surface area contributed by atoms with Gasteiger partial charge in [-0.3, -0.25) is 9.59 Å². The van der Waals surface area contributed by atoms with E-state index < -0.39 is 0 Å². The molecule has 0 aliphatic heterocycles. The Morgan fingerprint density at radius 2 is 1.55 bits per heavy atom. The SMILES string of the molecule is COc1cc(OC)c2c(c1)C(=O)c1cc(O)c(C)cc1C2=O. The van der Waals surface area contributed by atoms with E-state index in [0.717, 1.165) is 0 Å². The smallest absolute Gasteiger partial charge is 0.198 e.